The Labute approximate surface area is 127 Å². The Bertz CT molecular complexity index is 587. The van der Waals surface area contributed by atoms with Crippen LogP contribution in [0.1, 0.15) is 19.8 Å². The third-order valence-corrected chi connectivity index (χ3v) is 5.38. The molecule has 2 fully saturated rings. The maximum atomic E-state index is 13.6. The summed E-state index contributed by atoms with van der Waals surface area (Å²) in [4.78, 5) is 16.6. The highest BCUT2D eigenvalue weighted by Gasteiger charge is 2.48. The highest BCUT2D eigenvalue weighted by Crippen LogP contribution is 2.43. The Balaban J connectivity index is 1.82. The number of hydrogen-bond acceptors (Lipinski definition) is 4. The number of aliphatic imine (C=N–C) groups is 1. The average molecular weight is 308 g/mol. The number of rotatable bonds is 2. The minimum Gasteiger partial charge on any atom is -0.381 e. The van der Waals surface area contributed by atoms with E-state index in [4.69, 9.17) is 4.74 Å². The lowest BCUT2D eigenvalue weighted by atomic mass is 9.86. The number of nitrogens with one attached hydrogen (secondary N) is 1. The molecule has 4 nitrogen and oxygen atoms in total. The number of ether oxygens (including phenoxy) is 1. The zero-order valence-electron chi connectivity index (χ0n) is 11.8. The van der Waals surface area contributed by atoms with Crippen molar-refractivity contribution in [1.82, 2.24) is 5.32 Å². The van der Waals surface area contributed by atoms with Gasteiger partial charge in [-0.3, -0.25) is 4.79 Å². The van der Waals surface area contributed by atoms with Crippen molar-refractivity contribution < 1.29 is 13.9 Å². The summed E-state index contributed by atoms with van der Waals surface area (Å²) in [7, 11) is 0. The molecule has 0 saturated carbocycles. The first kappa shape index (κ1) is 14.5. The number of para-hydroxylation sites is 1. The van der Waals surface area contributed by atoms with E-state index in [-0.39, 0.29) is 23.3 Å². The van der Waals surface area contributed by atoms with Crippen molar-refractivity contribution in [3.63, 3.8) is 0 Å². The molecule has 2 heterocycles. The smallest absolute Gasteiger partial charge is 0.242 e. The van der Waals surface area contributed by atoms with Crippen LogP contribution in [0, 0.1) is 11.7 Å². The van der Waals surface area contributed by atoms with Crippen LogP contribution in [0.3, 0.4) is 0 Å². The zero-order valence-corrected chi connectivity index (χ0v) is 12.6. The van der Waals surface area contributed by atoms with E-state index in [2.05, 4.69) is 10.3 Å². The minimum absolute atomic E-state index is 0.0468. The summed E-state index contributed by atoms with van der Waals surface area (Å²) in [6.45, 7) is 3.31. The van der Waals surface area contributed by atoms with Crippen LogP contribution >= 0.6 is 11.8 Å². The van der Waals surface area contributed by atoms with Gasteiger partial charge >= 0.3 is 0 Å². The molecule has 0 bridgehead atoms. The molecule has 2 aliphatic rings. The maximum Gasteiger partial charge on any atom is 0.242 e. The molecule has 1 amide bonds. The molecule has 1 N–H and O–H groups in total. The van der Waals surface area contributed by atoms with Crippen molar-refractivity contribution in [3.8, 4) is 0 Å². The molecule has 21 heavy (non-hydrogen) atoms. The van der Waals surface area contributed by atoms with Crippen LogP contribution in [-0.4, -0.2) is 29.0 Å². The number of nitrogens with zero attached hydrogens (tertiary/aromatic N) is 1. The van der Waals surface area contributed by atoms with Crippen LogP contribution in [0.4, 0.5) is 10.1 Å². The minimum atomic E-state index is -0.548. The number of halogens is 1. The molecule has 1 aromatic rings. The Morgan fingerprint density at radius 1 is 1.38 bits per heavy atom. The van der Waals surface area contributed by atoms with Gasteiger partial charge in [0.25, 0.3) is 0 Å². The summed E-state index contributed by atoms with van der Waals surface area (Å²) in [5.74, 6) is -0.182. The van der Waals surface area contributed by atoms with Gasteiger partial charge in [0.1, 0.15) is 16.3 Å². The molecule has 0 aromatic heterocycles. The van der Waals surface area contributed by atoms with Crippen LogP contribution in [0.25, 0.3) is 0 Å². The molecule has 0 radical (unpaired) electrons. The lowest BCUT2D eigenvalue weighted by Crippen LogP contribution is -2.42. The quantitative estimate of drug-likeness (QED) is 0.914. The van der Waals surface area contributed by atoms with Gasteiger partial charge in [0, 0.05) is 13.2 Å². The van der Waals surface area contributed by atoms with Crippen molar-refractivity contribution in [1.29, 1.82) is 0 Å². The van der Waals surface area contributed by atoms with Gasteiger partial charge in [-0.15, -0.1) is 0 Å². The van der Waals surface area contributed by atoms with Crippen LogP contribution < -0.4 is 5.32 Å². The molecule has 1 atom stereocenters. The van der Waals surface area contributed by atoms with Gasteiger partial charge in [-0.1, -0.05) is 23.9 Å². The summed E-state index contributed by atoms with van der Waals surface area (Å²) in [6.07, 6.45) is 1.73. The van der Waals surface area contributed by atoms with Crippen molar-refractivity contribution >= 4 is 28.5 Å². The Morgan fingerprint density at radius 3 is 2.81 bits per heavy atom. The van der Waals surface area contributed by atoms with Crippen LogP contribution in [0.5, 0.6) is 0 Å². The number of amidine groups is 1. The normalized spacial score (nSPS) is 28.9. The van der Waals surface area contributed by atoms with Gasteiger partial charge in [0.15, 0.2) is 5.17 Å². The molecular formula is C15H17FN2O2S. The molecule has 1 aromatic carbocycles. The standard InChI is InChI=1S/C15H17FN2O2S/c1-15(10-6-8-20-9-7-10)13(19)18-14(21-15)17-12-5-3-2-4-11(12)16/h2-5,10H,6-9H2,1H3,(H,17,18,19). The molecule has 3 rings (SSSR count). The fourth-order valence-corrected chi connectivity index (χ4v) is 3.95. The SMILES string of the molecule is CC1(C2CCOCC2)SC(=Nc2ccccc2F)NC1=O. The first-order valence-corrected chi connectivity index (χ1v) is 7.82. The van der Waals surface area contributed by atoms with E-state index in [1.165, 1.54) is 17.8 Å². The van der Waals surface area contributed by atoms with E-state index in [0.29, 0.717) is 18.4 Å². The first-order valence-electron chi connectivity index (χ1n) is 7.01. The number of benzene rings is 1. The highest BCUT2D eigenvalue weighted by molar-refractivity contribution is 8.16. The van der Waals surface area contributed by atoms with Crippen molar-refractivity contribution in [2.45, 2.75) is 24.5 Å². The van der Waals surface area contributed by atoms with Gasteiger partial charge in [0.05, 0.1) is 0 Å². The molecule has 112 valence electrons. The number of thioether (sulfide) groups is 1. The monoisotopic (exact) mass is 308 g/mol. The number of carbonyl (C=O) groups is 1. The number of carbonyl (C=O) groups excluding carboxylic acids is 1. The maximum absolute atomic E-state index is 13.6. The Hall–Kier alpha value is -1.40. The largest absolute Gasteiger partial charge is 0.381 e. The second kappa shape index (κ2) is 5.77. The zero-order chi connectivity index (χ0) is 14.9. The molecule has 2 aliphatic heterocycles. The van der Waals surface area contributed by atoms with Gasteiger partial charge in [-0.25, -0.2) is 9.38 Å². The Morgan fingerprint density at radius 2 is 2.10 bits per heavy atom. The topological polar surface area (TPSA) is 50.7 Å². The van der Waals surface area contributed by atoms with E-state index >= 15 is 0 Å². The third-order valence-electron chi connectivity index (χ3n) is 4.05. The predicted molar refractivity (Wildman–Crippen MR) is 81.2 cm³/mol. The van der Waals surface area contributed by atoms with Gasteiger partial charge in [0.2, 0.25) is 5.91 Å². The van der Waals surface area contributed by atoms with E-state index in [1.54, 1.807) is 18.2 Å². The van der Waals surface area contributed by atoms with E-state index in [9.17, 15) is 9.18 Å². The molecule has 1 unspecified atom stereocenters. The fraction of sp³-hybridized carbons (Fsp3) is 0.467. The van der Waals surface area contributed by atoms with Gasteiger partial charge < -0.3 is 10.1 Å². The van der Waals surface area contributed by atoms with Crippen LogP contribution in [0.15, 0.2) is 29.3 Å². The average Bonchev–Trinajstić information content (AvgIpc) is 2.78. The summed E-state index contributed by atoms with van der Waals surface area (Å²) in [6, 6.07) is 6.30. The number of hydrogen-bond donors (Lipinski definition) is 1. The predicted octanol–water partition coefficient (Wildman–Crippen LogP) is 2.86. The molecular weight excluding hydrogens is 291 g/mol. The van der Waals surface area contributed by atoms with Crippen molar-refractivity contribution in [2.75, 3.05) is 13.2 Å². The number of amides is 1. The summed E-state index contributed by atoms with van der Waals surface area (Å²) < 4.78 is 18.5. The summed E-state index contributed by atoms with van der Waals surface area (Å²) in [5, 5.41) is 3.26. The summed E-state index contributed by atoms with van der Waals surface area (Å²) >= 11 is 1.40. The van der Waals surface area contributed by atoms with E-state index < -0.39 is 4.75 Å². The molecule has 2 saturated heterocycles. The lowest BCUT2D eigenvalue weighted by molar-refractivity contribution is -0.123. The van der Waals surface area contributed by atoms with E-state index in [0.717, 1.165) is 12.8 Å². The van der Waals surface area contributed by atoms with Gasteiger partial charge in [-0.05, 0) is 37.8 Å². The van der Waals surface area contributed by atoms with Crippen molar-refractivity contribution in [3.05, 3.63) is 30.1 Å². The highest BCUT2D eigenvalue weighted by atomic mass is 32.2. The third kappa shape index (κ3) is 2.82. The molecule has 0 aliphatic carbocycles. The molecule has 0 spiro atoms. The molecule has 6 heteroatoms. The second-order valence-corrected chi connectivity index (χ2v) is 6.86. The second-order valence-electron chi connectivity index (χ2n) is 5.42. The van der Waals surface area contributed by atoms with E-state index in [1.807, 2.05) is 6.92 Å². The van der Waals surface area contributed by atoms with Crippen LogP contribution in [0.2, 0.25) is 0 Å². The Kier molecular flexibility index (Phi) is 3.99. The van der Waals surface area contributed by atoms with Crippen LogP contribution in [-0.2, 0) is 9.53 Å². The lowest BCUT2D eigenvalue weighted by Gasteiger charge is -2.32. The van der Waals surface area contributed by atoms with Crippen molar-refractivity contribution in [2.24, 2.45) is 10.9 Å². The van der Waals surface area contributed by atoms with Gasteiger partial charge in [-0.2, -0.15) is 0 Å². The first-order chi connectivity index (χ1) is 10.1. The fourth-order valence-electron chi connectivity index (χ4n) is 2.71. The summed E-state index contributed by atoms with van der Waals surface area (Å²) in [5.41, 5.74) is 0.247.